The van der Waals surface area contributed by atoms with Crippen LogP contribution in [0.25, 0.3) is 0 Å². The molecule has 3 rings (SSSR count). The average Bonchev–Trinajstić information content (AvgIpc) is 2.69. The lowest BCUT2D eigenvalue weighted by Gasteiger charge is -2.17. The lowest BCUT2D eigenvalue weighted by Crippen LogP contribution is -2.19. The van der Waals surface area contributed by atoms with Gasteiger partial charge in [0.1, 0.15) is 11.5 Å². The molecule has 27 heavy (non-hydrogen) atoms. The third-order valence-electron chi connectivity index (χ3n) is 4.36. The first-order chi connectivity index (χ1) is 13.0. The molecule has 5 nitrogen and oxygen atoms in total. The van der Waals surface area contributed by atoms with Crippen molar-refractivity contribution in [2.75, 3.05) is 17.3 Å². The standard InChI is InChI=1S/C22H24N4O/c1-16(2)18-9-11-19(12-10-18)25-22(27)20-13-24-21(14-23-20)26(3)15-17-7-5-4-6-8-17/h4-14,16H,15H2,1-3H3,(H,25,27). The van der Waals surface area contributed by atoms with Gasteiger partial charge in [-0.15, -0.1) is 0 Å². The second kappa shape index (κ2) is 8.45. The number of hydrogen-bond acceptors (Lipinski definition) is 4. The summed E-state index contributed by atoms with van der Waals surface area (Å²) in [7, 11) is 1.95. The van der Waals surface area contributed by atoms with E-state index in [1.807, 2.05) is 54.4 Å². The molecule has 0 atom stereocenters. The van der Waals surface area contributed by atoms with Gasteiger partial charge >= 0.3 is 0 Å². The van der Waals surface area contributed by atoms with Crippen LogP contribution in [0.3, 0.4) is 0 Å². The van der Waals surface area contributed by atoms with Crippen molar-refractivity contribution in [3.8, 4) is 0 Å². The molecule has 0 bridgehead atoms. The van der Waals surface area contributed by atoms with E-state index in [1.54, 1.807) is 6.20 Å². The monoisotopic (exact) mass is 360 g/mol. The van der Waals surface area contributed by atoms with Crippen molar-refractivity contribution in [2.24, 2.45) is 0 Å². The van der Waals surface area contributed by atoms with Crippen LogP contribution in [0.5, 0.6) is 0 Å². The number of benzene rings is 2. The zero-order valence-corrected chi connectivity index (χ0v) is 15.9. The SMILES string of the molecule is CC(C)c1ccc(NC(=O)c2cnc(N(C)Cc3ccccc3)cn2)cc1. The first kappa shape index (κ1) is 18.6. The summed E-state index contributed by atoms with van der Waals surface area (Å²) in [6.45, 7) is 5.00. The Labute approximate surface area is 160 Å². The van der Waals surface area contributed by atoms with Gasteiger partial charge in [-0.25, -0.2) is 9.97 Å². The molecule has 0 fully saturated rings. The highest BCUT2D eigenvalue weighted by molar-refractivity contribution is 6.02. The summed E-state index contributed by atoms with van der Waals surface area (Å²) in [6.07, 6.45) is 3.13. The molecular formula is C22H24N4O. The third kappa shape index (κ3) is 4.91. The fourth-order valence-corrected chi connectivity index (χ4v) is 2.72. The van der Waals surface area contributed by atoms with Crippen molar-refractivity contribution < 1.29 is 4.79 Å². The van der Waals surface area contributed by atoms with Gasteiger partial charge in [0.05, 0.1) is 12.4 Å². The van der Waals surface area contributed by atoms with Crippen molar-refractivity contribution in [3.63, 3.8) is 0 Å². The van der Waals surface area contributed by atoms with E-state index in [2.05, 4.69) is 41.3 Å². The van der Waals surface area contributed by atoms with Crippen LogP contribution >= 0.6 is 0 Å². The number of nitrogens with one attached hydrogen (secondary N) is 1. The number of carbonyl (C=O) groups is 1. The van der Waals surface area contributed by atoms with Gasteiger partial charge in [-0.1, -0.05) is 56.3 Å². The van der Waals surface area contributed by atoms with Crippen molar-refractivity contribution in [1.29, 1.82) is 0 Å². The fraction of sp³-hybridized carbons (Fsp3) is 0.227. The maximum absolute atomic E-state index is 12.4. The molecule has 0 aliphatic heterocycles. The van der Waals surface area contributed by atoms with E-state index in [1.165, 1.54) is 17.3 Å². The highest BCUT2D eigenvalue weighted by Gasteiger charge is 2.11. The molecule has 0 saturated carbocycles. The Kier molecular flexibility index (Phi) is 5.81. The molecule has 0 spiro atoms. The number of carbonyl (C=O) groups excluding carboxylic acids is 1. The van der Waals surface area contributed by atoms with E-state index < -0.39 is 0 Å². The Morgan fingerprint density at radius 2 is 1.70 bits per heavy atom. The van der Waals surface area contributed by atoms with Crippen LogP contribution in [-0.4, -0.2) is 22.9 Å². The molecule has 0 saturated heterocycles. The van der Waals surface area contributed by atoms with Gasteiger partial charge in [-0.05, 0) is 29.2 Å². The minimum absolute atomic E-state index is 0.267. The number of aromatic nitrogens is 2. The first-order valence-corrected chi connectivity index (χ1v) is 9.01. The Bertz CT molecular complexity index is 874. The zero-order chi connectivity index (χ0) is 19.2. The predicted octanol–water partition coefficient (Wildman–Crippen LogP) is 4.49. The minimum atomic E-state index is -0.267. The second-order valence-corrected chi connectivity index (χ2v) is 6.83. The van der Waals surface area contributed by atoms with Gasteiger partial charge in [0.2, 0.25) is 0 Å². The Balaban J connectivity index is 1.63. The largest absolute Gasteiger partial charge is 0.354 e. The van der Waals surface area contributed by atoms with Crippen LogP contribution in [0, 0.1) is 0 Å². The van der Waals surface area contributed by atoms with Crippen LogP contribution in [0.2, 0.25) is 0 Å². The number of nitrogens with zero attached hydrogens (tertiary/aromatic N) is 3. The number of anilines is 2. The van der Waals surface area contributed by atoms with Gasteiger partial charge < -0.3 is 10.2 Å². The molecule has 0 aliphatic rings. The lowest BCUT2D eigenvalue weighted by molar-refractivity contribution is 0.102. The fourth-order valence-electron chi connectivity index (χ4n) is 2.72. The number of amides is 1. The quantitative estimate of drug-likeness (QED) is 0.704. The summed E-state index contributed by atoms with van der Waals surface area (Å²) < 4.78 is 0. The van der Waals surface area contributed by atoms with E-state index in [9.17, 15) is 4.79 Å². The van der Waals surface area contributed by atoms with E-state index >= 15 is 0 Å². The zero-order valence-electron chi connectivity index (χ0n) is 15.9. The van der Waals surface area contributed by atoms with Gasteiger partial charge in [0.25, 0.3) is 5.91 Å². The molecule has 2 aromatic carbocycles. The molecule has 3 aromatic rings. The Morgan fingerprint density at radius 3 is 2.30 bits per heavy atom. The molecule has 0 unspecified atom stereocenters. The van der Waals surface area contributed by atoms with Gasteiger partial charge in [0.15, 0.2) is 0 Å². The van der Waals surface area contributed by atoms with Crippen molar-refractivity contribution in [2.45, 2.75) is 26.3 Å². The van der Waals surface area contributed by atoms with E-state index in [0.717, 1.165) is 18.1 Å². The van der Waals surface area contributed by atoms with Gasteiger partial charge in [-0.3, -0.25) is 4.79 Å². The Morgan fingerprint density at radius 1 is 1.00 bits per heavy atom. The van der Waals surface area contributed by atoms with Crippen molar-refractivity contribution in [1.82, 2.24) is 9.97 Å². The highest BCUT2D eigenvalue weighted by Crippen LogP contribution is 2.18. The normalized spacial score (nSPS) is 10.7. The molecular weight excluding hydrogens is 336 g/mol. The maximum Gasteiger partial charge on any atom is 0.275 e. The van der Waals surface area contributed by atoms with Crippen molar-refractivity contribution >= 4 is 17.4 Å². The molecule has 0 aliphatic carbocycles. The molecule has 1 heterocycles. The van der Waals surface area contributed by atoms with Crippen LogP contribution in [0.1, 0.15) is 41.4 Å². The lowest BCUT2D eigenvalue weighted by atomic mass is 10.0. The van der Waals surface area contributed by atoms with Gasteiger partial charge in [0, 0.05) is 19.3 Å². The summed E-state index contributed by atoms with van der Waals surface area (Å²) in [6, 6.07) is 18.0. The summed E-state index contributed by atoms with van der Waals surface area (Å²) in [5, 5.41) is 2.86. The smallest absolute Gasteiger partial charge is 0.275 e. The van der Waals surface area contributed by atoms with Crippen LogP contribution in [0.4, 0.5) is 11.5 Å². The summed E-state index contributed by atoms with van der Waals surface area (Å²) in [5.74, 6) is 0.912. The Hall–Kier alpha value is -3.21. The second-order valence-electron chi connectivity index (χ2n) is 6.83. The van der Waals surface area contributed by atoms with Crippen LogP contribution in [0.15, 0.2) is 67.0 Å². The summed E-state index contributed by atoms with van der Waals surface area (Å²) >= 11 is 0. The van der Waals surface area contributed by atoms with Crippen LogP contribution < -0.4 is 10.2 Å². The molecule has 1 amide bonds. The first-order valence-electron chi connectivity index (χ1n) is 9.01. The number of rotatable bonds is 6. The summed E-state index contributed by atoms with van der Waals surface area (Å²) in [5.41, 5.74) is 3.46. The average molecular weight is 360 g/mol. The summed E-state index contributed by atoms with van der Waals surface area (Å²) in [4.78, 5) is 23.0. The van der Waals surface area contributed by atoms with Crippen molar-refractivity contribution in [3.05, 3.63) is 83.8 Å². The molecule has 5 heteroatoms. The minimum Gasteiger partial charge on any atom is -0.354 e. The van der Waals surface area contributed by atoms with Crippen LogP contribution in [-0.2, 0) is 6.54 Å². The third-order valence-corrected chi connectivity index (χ3v) is 4.36. The molecule has 0 radical (unpaired) electrons. The van der Waals surface area contributed by atoms with Gasteiger partial charge in [-0.2, -0.15) is 0 Å². The van der Waals surface area contributed by atoms with E-state index in [4.69, 9.17) is 0 Å². The van der Waals surface area contributed by atoms with E-state index in [-0.39, 0.29) is 5.91 Å². The maximum atomic E-state index is 12.4. The predicted molar refractivity (Wildman–Crippen MR) is 109 cm³/mol. The molecule has 1 aromatic heterocycles. The van der Waals surface area contributed by atoms with E-state index in [0.29, 0.717) is 11.6 Å². The number of hydrogen-bond donors (Lipinski definition) is 1. The topological polar surface area (TPSA) is 58.1 Å². The molecule has 1 N–H and O–H groups in total. The molecule has 138 valence electrons. The highest BCUT2D eigenvalue weighted by atomic mass is 16.1.